The molecule has 208 valence electrons. The average molecular weight is 545 g/mol. The Bertz CT molecular complexity index is 1300. The minimum atomic E-state index is -0.576. The number of carbonyl (C=O) groups excluding carboxylic acids is 3. The van der Waals surface area contributed by atoms with Crippen LogP contribution >= 0.6 is 0 Å². The van der Waals surface area contributed by atoms with E-state index in [4.69, 9.17) is 4.74 Å². The van der Waals surface area contributed by atoms with Gasteiger partial charge in [-0.2, -0.15) is 0 Å². The maximum absolute atomic E-state index is 13.5. The van der Waals surface area contributed by atoms with Gasteiger partial charge in [-0.3, -0.25) is 19.3 Å². The molecule has 0 spiro atoms. The maximum atomic E-state index is 13.5. The topological polar surface area (TPSA) is 82.2 Å². The summed E-state index contributed by atoms with van der Waals surface area (Å²) in [6.45, 7) is 3.20. The predicted molar refractivity (Wildman–Crippen MR) is 149 cm³/mol. The number of halogens is 1. The second-order valence-electron chi connectivity index (χ2n) is 10.3. The molecule has 8 nitrogen and oxygen atoms in total. The van der Waals surface area contributed by atoms with Gasteiger partial charge in [0.05, 0.1) is 6.54 Å². The lowest BCUT2D eigenvalue weighted by Crippen LogP contribution is -2.51. The van der Waals surface area contributed by atoms with Gasteiger partial charge in [0.1, 0.15) is 23.4 Å². The zero-order valence-electron chi connectivity index (χ0n) is 22.2. The summed E-state index contributed by atoms with van der Waals surface area (Å²) in [5.74, 6) is 0.604. The number of piperazine rings is 1. The van der Waals surface area contributed by atoms with Gasteiger partial charge < -0.3 is 19.9 Å². The first-order chi connectivity index (χ1) is 19.5. The standard InChI is InChI=1S/C31H33FN4O4/c32-25-6-10-27(11-7-25)40-28-12-8-26(9-13-28)33-31(39)29-19-24(18-23-4-2-1-3-5-23)20-36(29)30(38)21-34-14-16-35(22-37)17-15-34/h1-13,22,24,29H,14-21H2,(H,33,39). The molecular weight excluding hydrogens is 511 g/mol. The lowest BCUT2D eigenvalue weighted by molar-refractivity contribution is -0.138. The first kappa shape index (κ1) is 27.3. The fourth-order valence-electron chi connectivity index (χ4n) is 5.32. The van der Waals surface area contributed by atoms with Crippen molar-refractivity contribution in [2.75, 3.05) is 44.6 Å². The van der Waals surface area contributed by atoms with Crippen LogP contribution in [-0.4, -0.2) is 78.2 Å². The van der Waals surface area contributed by atoms with E-state index < -0.39 is 6.04 Å². The van der Waals surface area contributed by atoms with Crippen molar-refractivity contribution in [1.29, 1.82) is 0 Å². The van der Waals surface area contributed by atoms with Crippen LogP contribution in [-0.2, 0) is 20.8 Å². The number of nitrogens with one attached hydrogen (secondary N) is 1. The van der Waals surface area contributed by atoms with Crippen LogP contribution in [0.2, 0.25) is 0 Å². The van der Waals surface area contributed by atoms with Crippen LogP contribution in [0.4, 0.5) is 10.1 Å². The van der Waals surface area contributed by atoms with Gasteiger partial charge in [-0.1, -0.05) is 30.3 Å². The molecule has 0 radical (unpaired) electrons. The van der Waals surface area contributed by atoms with Crippen LogP contribution in [0.3, 0.4) is 0 Å². The van der Waals surface area contributed by atoms with E-state index in [0.717, 1.165) is 12.8 Å². The molecule has 2 heterocycles. The molecule has 3 aromatic rings. The maximum Gasteiger partial charge on any atom is 0.247 e. The lowest BCUT2D eigenvalue weighted by atomic mass is 9.96. The number of hydrogen-bond donors (Lipinski definition) is 1. The largest absolute Gasteiger partial charge is 0.457 e. The number of rotatable bonds is 9. The average Bonchev–Trinajstić information content (AvgIpc) is 3.40. The molecule has 2 atom stereocenters. The summed E-state index contributed by atoms with van der Waals surface area (Å²) in [6.07, 6.45) is 2.22. The van der Waals surface area contributed by atoms with Crippen molar-refractivity contribution >= 4 is 23.9 Å². The second-order valence-corrected chi connectivity index (χ2v) is 10.3. The highest BCUT2D eigenvalue weighted by Crippen LogP contribution is 2.29. The molecule has 3 amide bonds. The van der Waals surface area contributed by atoms with Gasteiger partial charge in [-0.15, -0.1) is 0 Å². The second kappa shape index (κ2) is 12.7. The van der Waals surface area contributed by atoms with Crippen molar-refractivity contribution < 1.29 is 23.5 Å². The molecule has 40 heavy (non-hydrogen) atoms. The van der Waals surface area contributed by atoms with Crippen molar-refractivity contribution in [2.24, 2.45) is 5.92 Å². The number of carbonyl (C=O) groups is 3. The van der Waals surface area contributed by atoms with Crippen LogP contribution in [0.5, 0.6) is 11.5 Å². The smallest absolute Gasteiger partial charge is 0.247 e. The van der Waals surface area contributed by atoms with Crippen LogP contribution in [0.1, 0.15) is 12.0 Å². The third kappa shape index (κ3) is 7.04. The number of likely N-dealkylation sites (tertiary alicyclic amines) is 1. The summed E-state index contributed by atoms with van der Waals surface area (Å²) in [5, 5.41) is 2.97. The van der Waals surface area contributed by atoms with Crippen molar-refractivity contribution in [2.45, 2.75) is 18.9 Å². The molecule has 2 aliphatic heterocycles. The SMILES string of the molecule is O=CN1CCN(CC(=O)N2CC(Cc3ccccc3)CC2C(=O)Nc2ccc(Oc3ccc(F)cc3)cc2)CC1. The Morgan fingerprint density at radius 3 is 2.20 bits per heavy atom. The number of hydrogen-bond acceptors (Lipinski definition) is 5. The van der Waals surface area contributed by atoms with E-state index >= 15 is 0 Å². The summed E-state index contributed by atoms with van der Waals surface area (Å²) in [4.78, 5) is 43.4. The Hall–Kier alpha value is -4.24. The Kier molecular flexibility index (Phi) is 8.71. The van der Waals surface area contributed by atoms with E-state index in [1.807, 2.05) is 23.1 Å². The van der Waals surface area contributed by atoms with Crippen LogP contribution in [0.15, 0.2) is 78.9 Å². The molecule has 0 saturated carbocycles. The van der Waals surface area contributed by atoms with Gasteiger partial charge in [-0.25, -0.2) is 4.39 Å². The van der Waals surface area contributed by atoms with Crippen LogP contribution in [0, 0.1) is 11.7 Å². The number of benzene rings is 3. The number of anilines is 1. The van der Waals surface area contributed by atoms with Gasteiger partial charge in [-0.05, 0) is 72.9 Å². The van der Waals surface area contributed by atoms with Crippen LogP contribution < -0.4 is 10.1 Å². The molecule has 3 aromatic carbocycles. The number of amides is 3. The van der Waals surface area contributed by atoms with E-state index in [1.165, 1.54) is 17.7 Å². The summed E-state index contributed by atoms with van der Waals surface area (Å²) in [6, 6.07) is 22.2. The third-order valence-corrected chi connectivity index (χ3v) is 7.46. The highest BCUT2D eigenvalue weighted by Gasteiger charge is 2.40. The van der Waals surface area contributed by atoms with Gasteiger partial charge in [0, 0.05) is 38.4 Å². The highest BCUT2D eigenvalue weighted by atomic mass is 19.1. The summed E-state index contributed by atoms with van der Waals surface area (Å²) < 4.78 is 18.9. The van der Waals surface area contributed by atoms with Crippen LogP contribution in [0.25, 0.3) is 0 Å². The molecular formula is C31H33FN4O4. The molecule has 2 fully saturated rings. The molecule has 9 heteroatoms. The molecule has 1 N–H and O–H groups in total. The fraction of sp³-hybridized carbons (Fsp3) is 0.323. The number of ether oxygens (including phenoxy) is 1. The Morgan fingerprint density at radius 1 is 0.900 bits per heavy atom. The fourth-order valence-corrected chi connectivity index (χ4v) is 5.32. The first-order valence-electron chi connectivity index (χ1n) is 13.6. The van der Waals surface area contributed by atoms with E-state index in [0.29, 0.717) is 56.3 Å². The lowest BCUT2D eigenvalue weighted by Gasteiger charge is -2.33. The zero-order chi connectivity index (χ0) is 27.9. The molecule has 2 saturated heterocycles. The normalized spacial score (nSPS) is 19.3. The van der Waals surface area contributed by atoms with E-state index in [1.54, 1.807) is 46.2 Å². The molecule has 2 unspecified atom stereocenters. The van der Waals surface area contributed by atoms with Crippen molar-refractivity contribution in [1.82, 2.24) is 14.7 Å². The van der Waals surface area contributed by atoms with Crippen molar-refractivity contribution in [3.05, 3.63) is 90.2 Å². The zero-order valence-corrected chi connectivity index (χ0v) is 22.2. The first-order valence-corrected chi connectivity index (χ1v) is 13.6. The number of nitrogens with zero attached hydrogens (tertiary/aromatic N) is 3. The predicted octanol–water partition coefficient (Wildman–Crippen LogP) is 3.79. The summed E-state index contributed by atoms with van der Waals surface area (Å²) in [5.41, 5.74) is 1.78. The molecule has 0 aromatic heterocycles. The van der Waals surface area contributed by atoms with Crippen molar-refractivity contribution in [3.8, 4) is 11.5 Å². The highest BCUT2D eigenvalue weighted by molar-refractivity contribution is 5.97. The van der Waals surface area contributed by atoms with E-state index in [2.05, 4.69) is 17.4 Å². The van der Waals surface area contributed by atoms with Gasteiger partial charge in [0.2, 0.25) is 18.2 Å². The Labute approximate surface area is 233 Å². The third-order valence-electron chi connectivity index (χ3n) is 7.46. The molecule has 0 aliphatic carbocycles. The van der Waals surface area contributed by atoms with Gasteiger partial charge in [0.25, 0.3) is 0 Å². The monoisotopic (exact) mass is 544 g/mol. The summed E-state index contributed by atoms with van der Waals surface area (Å²) in [7, 11) is 0. The molecule has 2 aliphatic rings. The summed E-state index contributed by atoms with van der Waals surface area (Å²) >= 11 is 0. The Morgan fingerprint density at radius 2 is 1.55 bits per heavy atom. The van der Waals surface area contributed by atoms with E-state index in [-0.39, 0.29) is 30.1 Å². The molecule has 5 rings (SSSR count). The minimum Gasteiger partial charge on any atom is -0.457 e. The quantitative estimate of drug-likeness (QED) is 0.415. The van der Waals surface area contributed by atoms with Gasteiger partial charge >= 0.3 is 0 Å². The van der Waals surface area contributed by atoms with Crippen molar-refractivity contribution in [3.63, 3.8) is 0 Å². The minimum absolute atomic E-state index is 0.0710. The van der Waals surface area contributed by atoms with E-state index in [9.17, 15) is 18.8 Å². The molecule has 0 bridgehead atoms. The Balaban J connectivity index is 1.24. The van der Waals surface area contributed by atoms with Gasteiger partial charge in [0.15, 0.2) is 0 Å².